The molecular weight excluding hydrogens is 224 g/mol. The van der Waals surface area contributed by atoms with Gasteiger partial charge in [0.1, 0.15) is 5.75 Å². The van der Waals surface area contributed by atoms with E-state index in [0.29, 0.717) is 13.1 Å². The third-order valence-electron chi connectivity index (χ3n) is 2.60. The molecule has 0 heterocycles. The molecule has 1 aromatic rings. The molecule has 3 N–H and O–H groups in total. The zero-order valence-corrected chi connectivity index (χ0v) is 11.2. The lowest BCUT2D eigenvalue weighted by Gasteiger charge is -2.16. The minimum Gasteiger partial charge on any atom is -0.494 e. The van der Waals surface area contributed by atoms with E-state index in [1.807, 2.05) is 19.1 Å². The monoisotopic (exact) mass is 246 g/mol. The van der Waals surface area contributed by atoms with Gasteiger partial charge in [0.2, 0.25) is 0 Å². The van der Waals surface area contributed by atoms with Crippen LogP contribution in [0.15, 0.2) is 24.3 Å². The highest BCUT2D eigenvalue weighted by Gasteiger charge is 2.07. The fourth-order valence-corrected chi connectivity index (χ4v) is 1.62. The highest BCUT2D eigenvalue weighted by atomic mass is 16.5. The lowest BCUT2D eigenvalue weighted by molar-refractivity contribution is 0.317. The molecule has 3 nitrogen and oxygen atoms in total. The van der Waals surface area contributed by atoms with Crippen LogP contribution in [0.5, 0.6) is 5.75 Å². The molecule has 0 spiro atoms. The molecule has 0 radical (unpaired) electrons. The molecule has 18 heavy (non-hydrogen) atoms. The van der Waals surface area contributed by atoms with Gasteiger partial charge in [0.15, 0.2) is 0 Å². The van der Waals surface area contributed by atoms with Gasteiger partial charge in [-0.05, 0) is 31.0 Å². The summed E-state index contributed by atoms with van der Waals surface area (Å²) in [6, 6.07) is 8.22. The van der Waals surface area contributed by atoms with Crippen LogP contribution in [0.1, 0.15) is 31.9 Å². The van der Waals surface area contributed by atoms with Crippen molar-refractivity contribution in [3.63, 3.8) is 0 Å². The molecule has 0 saturated carbocycles. The van der Waals surface area contributed by atoms with Crippen molar-refractivity contribution in [1.29, 1.82) is 0 Å². The molecule has 0 amide bonds. The second-order valence-corrected chi connectivity index (χ2v) is 4.01. The Kier molecular flexibility index (Phi) is 6.93. The van der Waals surface area contributed by atoms with Gasteiger partial charge in [0, 0.05) is 12.6 Å². The summed E-state index contributed by atoms with van der Waals surface area (Å²) in [4.78, 5) is 0. The molecule has 0 aliphatic rings. The van der Waals surface area contributed by atoms with E-state index in [2.05, 4.69) is 36.2 Å². The number of rotatable bonds is 7. The zero-order chi connectivity index (χ0) is 13.2. The van der Waals surface area contributed by atoms with E-state index in [4.69, 9.17) is 10.5 Å². The van der Waals surface area contributed by atoms with Crippen molar-refractivity contribution in [3.8, 4) is 17.6 Å². The third-order valence-corrected chi connectivity index (χ3v) is 2.60. The molecule has 0 bridgehead atoms. The van der Waals surface area contributed by atoms with Gasteiger partial charge in [-0.1, -0.05) is 25.0 Å². The largest absolute Gasteiger partial charge is 0.494 e. The maximum atomic E-state index is 5.76. The average Bonchev–Trinajstić information content (AvgIpc) is 2.42. The van der Waals surface area contributed by atoms with Crippen LogP contribution in [0.25, 0.3) is 0 Å². The first-order valence-corrected chi connectivity index (χ1v) is 6.37. The number of nitrogens with one attached hydrogen (secondary N) is 1. The van der Waals surface area contributed by atoms with E-state index in [-0.39, 0.29) is 6.04 Å². The van der Waals surface area contributed by atoms with Crippen LogP contribution in [0.4, 0.5) is 0 Å². The number of benzene rings is 1. The lowest BCUT2D eigenvalue weighted by atomic mass is 10.1. The number of hydrogen-bond donors (Lipinski definition) is 2. The standard InChI is InChI=1S/C15H22N2O/c1-3-5-10-17-15(12-16)13-6-8-14(9-7-13)18-11-4-2/h6-9,15,17H,4,10-12,16H2,1-2H3. The Balaban J connectivity index is 2.59. The minimum atomic E-state index is 0.145. The third kappa shape index (κ3) is 4.79. The van der Waals surface area contributed by atoms with Crippen molar-refractivity contribution in [2.45, 2.75) is 26.3 Å². The second kappa shape index (κ2) is 8.57. The van der Waals surface area contributed by atoms with E-state index >= 15 is 0 Å². The molecule has 0 aromatic heterocycles. The first-order chi connectivity index (χ1) is 8.81. The van der Waals surface area contributed by atoms with Gasteiger partial charge in [-0.2, -0.15) is 0 Å². The highest BCUT2D eigenvalue weighted by Crippen LogP contribution is 2.17. The molecule has 1 aromatic carbocycles. The van der Waals surface area contributed by atoms with E-state index in [0.717, 1.165) is 18.8 Å². The van der Waals surface area contributed by atoms with Crippen LogP contribution < -0.4 is 15.8 Å². The number of ether oxygens (including phenoxy) is 1. The Labute approximate surface area is 110 Å². The van der Waals surface area contributed by atoms with Crippen molar-refractivity contribution >= 4 is 0 Å². The van der Waals surface area contributed by atoms with E-state index in [9.17, 15) is 0 Å². The van der Waals surface area contributed by atoms with Crippen LogP contribution >= 0.6 is 0 Å². The summed E-state index contributed by atoms with van der Waals surface area (Å²) < 4.78 is 5.55. The SMILES string of the molecule is CC#CCNC(CN)c1ccc(OCCC)cc1. The molecule has 0 aliphatic carbocycles. The maximum Gasteiger partial charge on any atom is 0.119 e. The summed E-state index contributed by atoms with van der Waals surface area (Å²) in [6.07, 6.45) is 1.02. The second-order valence-electron chi connectivity index (χ2n) is 4.01. The predicted molar refractivity (Wildman–Crippen MR) is 75.5 cm³/mol. The molecule has 1 rings (SSSR count). The fourth-order valence-electron chi connectivity index (χ4n) is 1.62. The van der Waals surface area contributed by atoms with Crippen molar-refractivity contribution < 1.29 is 4.74 Å². The zero-order valence-electron chi connectivity index (χ0n) is 11.2. The molecule has 0 fully saturated rings. The Morgan fingerprint density at radius 1 is 1.33 bits per heavy atom. The first kappa shape index (κ1) is 14.6. The fraction of sp³-hybridized carbons (Fsp3) is 0.467. The van der Waals surface area contributed by atoms with E-state index in [1.165, 1.54) is 5.56 Å². The Bertz CT molecular complexity index is 389. The average molecular weight is 246 g/mol. The van der Waals surface area contributed by atoms with Gasteiger partial charge in [-0.25, -0.2) is 0 Å². The molecule has 1 atom stereocenters. The summed E-state index contributed by atoms with van der Waals surface area (Å²) >= 11 is 0. The van der Waals surface area contributed by atoms with Crippen LogP contribution in [-0.4, -0.2) is 19.7 Å². The number of nitrogens with two attached hydrogens (primary N) is 1. The molecule has 0 aliphatic heterocycles. The van der Waals surface area contributed by atoms with Crippen LogP contribution in [0, 0.1) is 11.8 Å². The predicted octanol–water partition coefficient (Wildman–Crippen LogP) is 2.09. The Hall–Kier alpha value is -1.50. The Morgan fingerprint density at radius 3 is 2.61 bits per heavy atom. The topological polar surface area (TPSA) is 47.3 Å². The first-order valence-electron chi connectivity index (χ1n) is 6.37. The lowest BCUT2D eigenvalue weighted by Crippen LogP contribution is -2.28. The molecule has 1 unspecified atom stereocenters. The van der Waals surface area contributed by atoms with Crippen LogP contribution in [0.3, 0.4) is 0 Å². The van der Waals surface area contributed by atoms with Crippen molar-refractivity contribution in [2.75, 3.05) is 19.7 Å². The van der Waals surface area contributed by atoms with Gasteiger partial charge < -0.3 is 10.5 Å². The summed E-state index contributed by atoms with van der Waals surface area (Å²) in [5.41, 5.74) is 6.93. The van der Waals surface area contributed by atoms with Crippen LogP contribution in [-0.2, 0) is 0 Å². The minimum absolute atomic E-state index is 0.145. The van der Waals surface area contributed by atoms with E-state index < -0.39 is 0 Å². The van der Waals surface area contributed by atoms with Gasteiger partial charge in [-0.15, -0.1) is 5.92 Å². The summed E-state index contributed by atoms with van der Waals surface area (Å²) in [6.45, 7) is 5.90. The van der Waals surface area contributed by atoms with Gasteiger partial charge in [0.05, 0.1) is 13.2 Å². The molecule has 0 saturated heterocycles. The highest BCUT2D eigenvalue weighted by molar-refractivity contribution is 5.29. The molecular formula is C15H22N2O. The molecule has 98 valence electrons. The number of hydrogen-bond acceptors (Lipinski definition) is 3. The quantitative estimate of drug-likeness (QED) is 0.724. The van der Waals surface area contributed by atoms with Crippen molar-refractivity contribution in [1.82, 2.24) is 5.32 Å². The smallest absolute Gasteiger partial charge is 0.119 e. The van der Waals surface area contributed by atoms with Crippen molar-refractivity contribution in [3.05, 3.63) is 29.8 Å². The van der Waals surface area contributed by atoms with Crippen LogP contribution in [0.2, 0.25) is 0 Å². The van der Waals surface area contributed by atoms with Gasteiger partial charge in [-0.3, -0.25) is 5.32 Å². The van der Waals surface area contributed by atoms with E-state index in [1.54, 1.807) is 0 Å². The van der Waals surface area contributed by atoms with Gasteiger partial charge in [0.25, 0.3) is 0 Å². The summed E-state index contributed by atoms with van der Waals surface area (Å²) in [5, 5.41) is 3.31. The van der Waals surface area contributed by atoms with Crippen molar-refractivity contribution in [2.24, 2.45) is 5.73 Å². The Morgan fingerprint density at radius 2 is 2.06 bits per heavy atom. The summed E-state index contributed by atoms with van der Waals surface area (Å²) in [5.74, 6) is 6.75. The van der Waals surface area contributed by atoms with Gasteiger partial charge >= 0.3 is 0 Å². The maximum absolute atomic E-state index is 5.76. The molecule has 3 heteroatoms. The normalized spacial score (nSPS) is 11.5. The summed E-state index contributed by atoms with van der Waals surface area (Å²) in [7, 11) is 0.